The fourth-order valence-electron chi connectivity index (χ4n) is 2.68. The Hall–Kier alpha value is -2.45. The zero-order chi connectivity index (χ0) is 21.0. The third kappa shape index (κ3) is 5.33. The van der Waals surface area contributed by atoms with Crippen molar-refractivity contribution < 1.29 is 4.79 Å². The molecule has 0 aliphatic heterocycles. The first-order chi connectivity index (χ1) is 13.9. The second kappa shape index (κ2) is 9.37. The van der Waals surface area contributed by atoms with E-state index in [0.29, 0.717) is 27.3 Å². The standard InChI is InChI=1S/C20H23ClN6OS/c1-5-12(2)22-19(28)18-17(11-29-20-23-13(3)10-14(4)24-20)27(26-25-18)16-8-6-15(21)7-9-16/h6-10,12H,5,11H2,1-4H3,(H,22,28). The Balaban J connectivity index is 1.94. The quantitative estimate of drug-likeness (QED) is 0.447. The monoisotopic (exact) mass is 430 g/mol. The number of nitrogens with zero attached hydrogens (tertiary/aromatic N) is 5. The molecule has 1 N–H and O–H groups in total. The van der Waals surface area contributed by atoms with Gasteiger partial charge in [-0.25, -0.2) is 14.6 Å². The minimum atomic E-state index is -0.239. The van der Waals surface area contributed by atoms with Gasteiger partial charge in [0.05, 0.1) is 11.4 Å². The molecule has 1 atom stereocenters. The lowest BCUT2D eigenvalue weighted by Gasteiger charge is -2.12. The number of thioether (sulfide) groups is 1. The molecule has 1 aromatic carbocycles. The summed E-state index contributed by atoms with van der Waals surface area (Å²) in [7, 11) is 0. The summed E-state index contributed by atoms with van der Waals surface area (Å²) in [6.45, 7) is 7.84. The van der Waals surface area contributed by atoms with E-state index in [2.05, 4.69) is 25.6 Å². The van der Waals surface area contributed by atoms with Gasteiger partial charge >= 0.3 is 0 Å². The molecule has 0 spiro atoms. The number of benzene rings is 1. The Morgan fingerprint density at radius 2 is 1.86 bits per heavy atom. The number of hydrogen-bond donors (Lipinski definition) is 1. The molecule has 3 aromatic rings. The van der Waals surface area contributed by atoms with Gasteiger partial charge in [0.2, 0.25) is 0 Å². The first-order valence-corrected chi connectivity index (χ1v) is 10.7. The summed E-state index contributed by atoms with van der Waals surface area (Å²) in [5.74, 6) is 0.207. The average molecular weight is 431 g/mol. The molecule has 0 fully saturated rings. The van der Waals surface area contributed by atoms with Crippen LogP contribution in [0.25, 0.3) is 5.69 Å². The molecule has 0 aliphatic rings. The third-order valence-electron chi connectivity index (χ3n) is 4.34. The highest BCUT2D eigenvalue weighted by atomic mass is 35.5. The summed E-state index contributed by atoms with van der Waals surface area (Å²) in [4.78, 5) is 21.7. The smallest absolute Gasteiger partial charge is 0.274 e. The largest absolute Gasteiger partial charge is 0.348 e. The molecule has 2 heterocycles. The van der Waals surface area contributed by atoms with Crippen molar-refractivity contribution in [1.29, 1.82) is 0 Å². The predicted octanol–water partition coefficient (Wildman–Crippen LogP) is 4.15. The van der Waals surface area contributed by atoms with E-state index in [1.54, 1.807) is 16.8 Å². The highest BCUT2D eigenvalue weighted by molar-refractivity contribution is 7.98. The minimum absolute atomic E-state index is 0.0476. The zero-order valence-corrected chi connectivity index (χ0v) is 18.4. The van der Waals surface area contributed by atoms with Gasteiger partial charge in [0.25, 0.3) is 5.91 Å². The van der Waals surface area contributed by atoms with Gasteiger partial charge in [-0.05, 0) is 57.5 Å². The lowest BCUT2D eigenvalue weighted by Crippen LogP contribution is -2.32. The van der Waals surface area contributed by atoms with Crippen molar-refractivity contribution >= 4 is 29.3 Å². The number of carbonyl (C=O) groups excluding carboxylic acids is 1. The van der Waals surface area contributed by atoms with Crippen LogP contribution in [0.3, 0.4) is 0 Å². The van der Waals surface area contributed by atoms with Crippen LogP contribution in [-0.4, -0.2) is 36.9 Å². The number of nitrogens with one attached hydrogen (secondary N) is 1. The maximum Gasteiger partial charge on any atom is 0.274 e. The first-order valence-electron chi connectivity index (χ1n) is 9.33. The lowest BCUT2D eigenvalue weighted by atomic mass is 10.2. The molecule has 0 aliphatic carbocycles. The SMILES string of the molecule is CCC(C)NC(=O)c1nnn(-c2ccc(Cl)cc2)c1CSc1nc(C)cc(C)n1. The molecule has 29 heavy (non-hydrogen) atoms. The maximum absolute atomic E-state index is 12.8. The second-order valence-electron chi connectivity index (χ2n) is 6.78. The topological polar surface area (TPSA) is 85.6 Å². The van der Waals surface area contributed by atoms with Crippen molar-refractivity contribution in [2.75, 3.05) is 0 Å². The van der Waals surface area contributed by atoms with Gasteiger partial charge in [-0.2, -0.15) is 0 Å². The summed E-state index contributed by atoms with van der Waals surface area (Å²) >= 11 is 7.45. The molecular weight excluding hydrogens is 408 g/mol. The third-order valence-corrected chi connectivity index (χ3v) is 5.45. The zero-order valence-electron chi connectivity index (χ0n) is 16.8. The van der Waals surface area contributed by atoms with Crippen molar-refractivity contribution in [2.24, 2.45) is 0 Å². The van der Waals surface area contributed by atoms with Crippen LogP contribution in [0.5, 0.6) is 0 Å². The summed E-state index contributed by atoms with van der Waals surface area (Å²) in [6.07, 6.45) is 0.831. The maximum atomic E-state index is 12.8. The van der Waals surface area contributed by atoms with Crippen molar-refractivity contribution in [3.63, 3.8) is 0 Å². The number of amides is 1. The lowest BCUT2D eigenvalue weighted by molar-refractivity contribution is 0.0933. The molecule has 0 radical (unpaired) electrons. The number of carbonyl (C=O) groups is 1. The van der Waals surface area contributed by atoms with Crippen LogP contribution in [0.4, 0.5) is 0 Å². The molecule has 2 aromatic heterocycles. The number of aromatic nitrogens is 5. The summed E-state index contributed by atoms with van der Waals surface area (Å²) < 4.78 is 1.66. The predicted molar refractivity (Wildman–Crippen MR) is 115 cm³/mol. The number of rotatable bonds is 7. The van der Waals surface area contributed by atoms with Crippen LogP contribution in [0.2, 0.25) is 5.02 Å². The molecule has 1 amide bonds. The van der Waals surface area contributed by atoms with E-state index in [0.717, 1.165) is 23.5 Å². The van der Waals surface area contributed by atoms with E-state index in [1.807, 2.05) is 45.9 Å². The average Bonchev–Trinajstić information content (AvgIpc) is 3.10. The molecule has 1 unspecified atom stereocenters. The Morgan fingerprint density at radius 1 is 1.21 bits per heavy atom. The van der Waals surface area contributed by atoms with Crippen LogP contribution in [-0.2, 0) is 5.75 Å². The van der Waals surface area contributed by atoms with Gasteiger partial charge in [-0.3, -0.25) is 4.79 Å². The first kappa shape index (κ1) is 21.3. The van der Waals surface area contributed by atoms with Gasteiger partial charge < -0.3 is 5.32 Å². The molecule has 3 rings (SSSR count). The number of hydrogen-bond acceptors (Lipinski definition) is 6. The van der Waals surface area contributed by atoms with Gasteiger partial charge in [0.15, 0.2) is 10.9 Å². The van der Waals surface area contributed by atoms with Crippen LogP contribution < -0.4 is 5.32 Å². The van der Waals surface area contributed by atoms with Crippen molar-refractivity contribution in [1.82, 2.24) is 30.3 Å². The van der Waals surface area contributed by atoms with Crippen molar-refractivity contribution in [2.45, 2.75) is 51.1 Å². The van der Waals surface area contributed by atoms with Crippen molar-refractivity contribution in [3.8, 4) is 5.69 Å². The van der Waals surface area contributed by atoms with E-state index in [4.69, 9.17) is 11.6 Å². The van der Waals surface area contributed by atoms with Gasteiger partial charge in [0.1, 0.15) is 0 Å². The summed E-state index contributed by atoms with van der Waals surface area (Å²) in [5.41, 5.74) is 3.57. The van der Waals surface area contributed by atoms with Gasteiger partial charge in [-0.1, -0.05) is 35.5 Å². The van der Waals surface area contributed by atoms with Crippen LogP contribution >= 0.6 is 23.4 Å². The number of halogens is 1. The summed E-state index contributed by atoms with van der Waals surface area (Å²) in [6, 6.07) is 9.22. The Morgan fingerprint density at radius 3 is 2.48 bits per heavy atom. The normalized spacial score (nSPS) is 12.0. The minimum Gasteiger partial charge on any atom is -0.348 e. The van der Waals surface area contributed by atoms with E-state index < -0.39 is 0 Å². The molecule has 152 valence electrons. The molecule has 7 nitrogen and oxygen atoms in total. The molecule has 0 saturated carbocycles. The van der Waals surface area contributed by atoms with Crippen molar-refractivity contribution in [3.05, 3.63) is 58.1 Å². The summed E-state index contributed by atoms with van der Waals surface area (Å²) in [5, 5.41) is 12.6. The van der Waals surface area contributed by atoms with Gasteiger partial charge in [-0.15, -0.1) is 5.10 Å². The van der Waals surface area contributed by atoms with E-state index in [1.165, 1.54) is 11.8 Å². The molecule has 0 bridgehead atoms. The highest BCUT2D eigenvalue weighted by Crippen LogP contribution is 2.24. The fourth-order valence-corrected chi connectivity index (χ4v) is 3.75. The van der Waals surface area contributed by atoms with E-state index in [9.17, 15) is 4.79 Å². The Labute approximate surface area is 179 Å². The Kier molecular flexibility index (Phi) is 6.87. The Bertz CT molecular complexity index is 984. The highest BCUT2D eigenvalue weighted by Gasteiger charge is 2.22. The van der Waals surface area contributed by atoms with Crippen LogP contribution in [0, 0.1) is 13.8 Å². The van der Waals surface area contributed by atoms with Crippen LogP contribution in [0.15, 0.2) is 35.5 Å². The van der Waals surface area contributed by atoms with E-state index in [-0.39, 0.29) is 11.9 Å². The number of aryl methyl sites for hydroxylation is 2. The van der Waals surface area contributed by atoms with E-state index >= 15 is 0 Å². The second-order valence-corrected chi connectivity index (χ2v) is 8.16. The molecule has 0 saturated heterocycles. The molecule has 9 heteroatoms. The fraction of sp³-hybridized carbons (Fsp3) is 0.350. The molecular formula is C20H23ClN6OS. The van der Waals surface area contributed by atoms with Gasteiger partial charge in [0, 0.05) is 28.2 Å². The van der Waals surface area contributed by atoms with Crippen LogP contribution in [0.1, 0.15) is 47.8 Å².